The fourth-order valence-electron chi connectivity index (χ4n) is 6.78. The number of unbranched alkanes of at least 4 members (excludes halogenated alkanes) is 24. The lowest BCUT2D eigenvalue weighted by molar-refractivity contribution is -0.150. The molecule has 0 unspecified atom stereocenters. The van der Waals surface area contributed by atoms with E-state index >= 15 is 0 Å². The third-order valence-electron chi connectivity index (χ3n) is 10.1. The zero-order valence-electron chi connectivity index (χ0n) is 34.5. The summed E-state index contributed by atoms with van der Waals surface area (Å²) in [6, 6.07) is 0. The summed E-state index contributed by atoms with van der Waals surface area (Å²) < 4.78 is 16.4. The van der Waals surface area contributed by atoms with Gasteiger partial charge in [-0.05, 0) is 77.3 Å². The highest BCUT2D eigenvalue weighted by atomic mass is 16.7. The van der Waals surface area contributed by atoms with Crippen molar-refractivity contribution in [2.75, 3.05) is 39.5 Å². The van der Waals surface area contributed by atoms with Crippen molar-refractivity contribution in [3.8, 4) is 12.3 Å². The van der Waals surface area contributed by atoms with E-state index < -0.39 is 6.16 Å². The highest BCUT2D eigenvalue weighted by Gasteiger charge is 2.14. The second-order valence-corrected chi connectivity index (χ2v) is 15.1. The van der Waals surface area contributed by atoms with Crippen LogP contribution in [0.4, 0.5) is 4.79 Å². The lowest BCUT2D eigenvalue weighted by Gasteiger charge is -2.21. The number of aliphatic hydroxyl groups is 1. The van der Waals surface area contributed by atoms with Crippen molar-refractivity contribution < 1.29 is 28.9 Å². The van der Waals surface area contributed by atoms with Gasteiger partial charge in [0.25, 0.3) is 0 Å². The van der Waals surface area contributed by atoms with Gasteiger partial charge in [-0.2, -0.15) is 0 Å². The van der Waals surface area contributed by atoms with Crippen LogP contribution in [0.3, 0.4) is 0 Å². The summed E-state index contributed by atoms with van der Waals surface area (Å²) in [5.41, 5.74) is 0. The third-order valence-corrected chi connectivity index (χ3v) is 10.1. The Labute approximate surface area is 322 Å². The Bertz CT molecular complexity index is 783. The second-order valence-electron chi connectivity index (χ2n) is 15.1. The first kappa shape index (κ1) is 50.2. The molecule has 52 heavy (non-hydrogen) atoms. The Morgan fingerprint density at radius 1 is 0.558 bits per heavy atom. The van der Waals surface area contributed by atoms with Crippen LogP contribution in [0.15, 0.2) is 0 Å². The van der Waals surface area contributed by atoms with Crippen molar-refractivity contribution in [2.45, 2.75) is 225 Å². The van der Waals surface area contributed by atoms with E-state index in [0.29, 0.717) is 26.2 Å². The van der Waals surface area contributed by atoms with E-state index in [1.54, 1.807) is 0 Å². The van der Waals surface area contributed by atoms with E-state index in [-0.39, 0.29) is 18.7 Å². The second kappa shape index (κ2) is 42.0. The molecular weight excluding hydrogens is 650 g/mol. The van der Waals surface area contributed by atoms with Gasteiger partial charge in [0.05, 0.1) is 19.8 Å². The molecule has 7 nitrogen and oxygen atoms in total. The quantitative estimate of drug-likeness (QED) is 0.0380. The fraction of sp³-hybridized carbons (Fsp3) is 0.911. The molecule has 1 N–H and O–H groups in total. The molecule has 0 aromatic heterocycles. The summed E-state index contributed by atoms with van der Waals surface area (Å²) in [7, 11) is 0. The molecule has 0 aliphatic carbocycles. The summed E-state index contributed by atoms with van der Waals surface area (Å²) >= 11 is 0. The number of aliphatic hydroxyl groups excluding tert-OH is 1. The van der Waals surface area contributed by atoms with Crippen LogP contribution >= 0.6 is 0 Å². The van der Waals surface area contributed by atoms with Crippen LogP contribution in [0.1, 0.15) is 219 Å². The van der Waals surface area contributed by atoms with E-state index in [2.05, 4.69) is 24.7 Å². The standard InChI is InChI=1S/C45H85NO6/c1-4-7-10-13-16-17-18-25-32-41-50-45(49)51-42-33-26-24-31-38-46(39-40-47)37-30-23-19-22-29-36-44(48)52-43(34-27-20-14-11-8-5-2)35-28-21-15-12-9-6-3/h1,43,47H,5-42H2,2-3H3. The Kier molecular flexibility index (Phi) is 40.5. The molecule has 0 rings (SSSR count). The largest absolute Gasteiger partial charge is 0.508 e. The molecule has 0 atom stereocenters. The molecule has 0 aliphatic rings. The first-order valence-electron chi connectivity index (χ1n) is 22.3. The normalized spacial score (nSPS) is 11.3. The van der Waals surface area contributed by atoms with Gasteiger partial charge in [0.1, 0.15) is 6.10 Å². The maximum Gasteiger partial charge on any atom is 0.508 e. The molecule has 0 amide bonds. The van der Waals surface area contributed by atoms with Crippen LogP contribution in [0, 0.1) is 12.3 Å². The monoisotopic (exact) mass is 736 g/mol. The number of hydrogen-bond acceptors (Lipinski definition) is 7. The average molecular weight is 736 g/mol. The number of terminal acetylenes is 1. The molecule has 306 valence electrons. The molecular formula is C45H85NO6. The zero-order valence-corrected chi connectivity index (χ0v) is 34.5. The number of carbonyl (C=O) groups is 2. The van der Waals surface area contributed by atoms with Crippen LogP contribution in [-0.4, -0.2) is 67.7 Å². The van der Waals surface area contributed by atoms with E-state index in [0.717, 1.165) is 109 Å². The smallest absolute Gasteiger partial charge is 0.462 e. The zero-order chi connectivity index (χ0) is 38.0. The molecule has 0 spiro atoms. The van der Waals surface area contributed by atoms with Crippen molar-refractivity contribution in [1.82, 2.24) is 4.90 Å². The van der Waals surface area contributed by atoms with Crippen molar-refractivity contribution in [2.24, 2.45) is 0 Å². The van der Waals surface area contributed by atoms with Gasteiger partial charge in [-0.1, -0.05) is 142 Å². The molecule has 0 aromatic carbocycles. The SMILES string of the molecule is C#CCCCCCCCCCOC(=O)OCCCCCCN(CCO)CCCCCCCC(=O)OC(CCCCCCCC)CCCCCCCC. The third kappa shape index (κ3) is 38.0. The predicted octanol–water partition coefficient (Wildman–Crippen LogP) is 12.5. The molecule has 0 saturated heterocycles. The van der Waals surface area contributed by atoms with E-state index in [9.17, 15) is 14.7 Å². The fourth-order valence-corrected chi connectivity index (χ4v) is 6.78. The van der Waals surface area contributed by atoms with Gasteiger partial charge >= 0.3 is 12.1 Å². The lowest BCUT2D eigenvalue weighted by atomic mass is 10.0. The van der Waals surface area contributed by atoms with Crippen molar-refractivity contribution in [3.63, 3.8) is 0 Å². The van der Waals surface area contributed by atoms with E-state index in [1.165, 1.54) is 103 Å². The minimum absolute atomic E-state index is 0.00276. The number of hydrogen-bond donors (Lipinski definition) is 1. The molecule has 0 radical (unpaired) electrons. The molecule has 0 heterocycles. The molecule has 0 aliphatic heterocycles. The molecule has 7 heteroatoms. The Morgan fingerprint density at radius 3 is 1.46 bits per heavy atom. The van der Waals surface area contributed by atoms with Gasteiger partial charge in [0.2, 0.25) is 0 Å². The van der Waals surface area contributed by atoms with Crippen LogP contribution in [-0.2, 0) is 19.0 Å². The predicted molar refractivity (Wildman–Crippen MR) is 219 cm³/mol. The van der Waals surface area contributed by atoms with Gasteiger partial charge in [-0.25, -0.2) is 4.79 Å². The summed E-state index contributed by atoms with van der Waals surface area (Å²) in [6.07, 6.45) is 40.9. The Balaban J connectivity index is 3.91. The van der Waals surface area contributed by atoms with Crippen LogP contribution in [0.2, 0.25) is 0 Å². The molecule has 0 saturated carbocycles. The van der Waals surface area contributed by atoms with Gasteiger partial charge in [0.15, 0.2) is 0 Å². The molecule has 0 aromatic rings. The van der Waals surface area contributed by atoms with Crippen LogP contribution < -0.4 is 0 Å². The van der Waals surface area contributed by atoms with E-state index in [4.69, 9.17) is 20.6 Å². The first-order chi connectivity index (χ1) is 25.6. The minimum atomic E-state index is -0.547. The summed E-state index contributed by atoms with van der Waals surface area (Å²) in [5, 5.41) is 9.53. The summed E-state index contributed by atoms with van der Waals surface area (Å²) in [4.78, 5) is 26.8. The summed E-state index contributed by atoms with van der Waals surface area (Å²) in [5.74, 6) is 2.69. The molecule has 0 fully saturated rings. The highest BCUT2D eigenvalue weighted by molar-refractivity contribution is 5.69. The minimum Gasteiger partial charge on any atom is -0.462 e. The Morgan fingerprint density at radius 2 is 0.981 bits per heavy atom. The van der Waals surface area contributed by atoms with Crippen molar-refractivity contribution in [3.05, 3.63) is 0 Å². The lowest BCUT2D eigenvalue weighted by Crippen LogP contribution is -2.29. The van der Waals surface area contributed by atoms with Gasteiger partial charge < -0.3 is 24.2 Å². The number of rotatable bonds is 41. The highest BCUT2D eigenvalue weighted by Crippen LogP contribution is 2.18. The summed E-state index contributed by atoms with van der Waals surface area (Å²) in [6.45, 7) is 8.24. The average Bonchev–Trinajstić information content (AvgIpc) is 3.14. The van der Waals surface area contributed by atoms with Gasteiger partial charge in [-0.3, -0.25) is 4.79 Å². The maximum absolute atomic E-state index is 12.7. The number of nitrogens with zero attached hydrogens (tertiary/aromatic N) is 1. The van der Waals surface area contributed by atoms with Gasteiger partial charge in [-0.15, -0.1) is 12.3 Å². The maximum atomic E-state index is 12.7. The Hall–Kier alpha value is -1.78. The van der Waals surface area contributed by atoms with Crippen LogP contribution in [0.25, 0.3) is 0 Å². The number of carbonyl (C=O) groups excluding carboxylic acids is 2. The van der Waals surface area contributed by atoms with Gasteiger partial charge in [0, 0.05) is 19.4 Å². The van der Waals surface area contributed by atoms with Crippen LogP contribution in [0.5, 0.6) is 0 Å². The molecule has 0 bridgehead atoms. The first-order valence-corrected chi connectivity index (χ1v) is 22.3. The number of esters is 1. The van der Waals surface area contributed by atoms with E-state index in [1.807, 2.05) is 0 Å². The van der Waals surface area contributed by atoms with Crippen molar-refractivity contribution >= 4 is 12.1 Å². The number of ether oxygens (including phenoxy) is 3. The van der Waals surface area contributed by atoms with Crippen molar-refractivity contribution in [1.29, 1.82) is 0 Å². The topological polar surface area (TPSA) is 85.3 Å².